The maximum absolute atomic E-state index is 12.2. The highest BCUT2D eigenvalue weighted by molar-refractivity contribution is 5.88. The van der Waals surface area contributed by atoms with E-state index in [-0.39, 0.29) is 5.91 Å². The molecule has 0 aliphatic heterocycles. The van der Waals surface area contributed by atoms with Crippen molar-refractivity contribution >= 4 is 22.9 Å². The third kappa shape index (κ3) is 3.03. The minimum atomic E-state index is -0.426. The fourth-order valence-electron chi connectivity index (χ4n) is 2.08. The first-order valence-corrected chi connectivity index (χ1v) is 6.96. The molecule has 7 nitrogen and oxygen atoms in total. The molecule has 7 heteroatoms. The van der Waals surface area contributed by atoms with E-state index < -0.39 is 6.04 Å². The molecule has 0 radical (unpaired) electrons. The summed E-state index contributed by atoms with van der Waals surface area (Å²) in [7, 11) is 0. The Hall–Kier alpha value is -2.96. The molecule has 0 unspecified atom stereocenters. The average Bonchev–Trinajstić information content (AvgIpc) is 3.03. The molecule has 0 saturated carbocycles. The third-order valence-corrected chi connectivity index (χ3v) is 3.28. The lowest BCUT2D eigenvalue weighted by atomic mass is 10.2. The van der Waals surface area contributed by atoms with Crippen LogP contribution < -0.4 is 10.6 Å². The highest BCUT2D eigenvalue weighted by Gasteiger charge is 2.15. The molecular formula is C15H16N6O. The summed E-state index contributed by atoms with van der Waals surface area (Å²) < 4.78 is 0. The molecule has 22 heavy (non-hydrogen) atoms. The molecule has 1 amide bonds. The molecule has 0 bridgehead atoms. The van der Waals surface area contributed by atoms with Gasteiger partial charge in [-0.2, -0.15) is 0 Å². The lowest BCUT2D eigenvalue weighted by molar-refractivity contribution is -0.121. The number of imidazole rings is 1. The van der Waals surface area contributed by atoms with Gasteiger partial charge in [-0.1, -0.05) is 30.3 Å². The number of anilines is 1. The second-order valence-corrected chi connectivity index (χ2v) is 4.89. The lowest BCUT2D eigenvalue weighted by Crippen LogP contribution is -2.37. The number of hydrogen-bond donors (Lipinski definition) is 3. The molecule has 0 aliphatic rings. The molecule has 0 aliphatic carbocycles. The van der Waals surface area contributed by atoms with Crippen LogP contribution in [0, 0.1) is 0 Å². The van der Waals surface area contributed by atoms with E-state index in [0.717, 1.165) is 5.56 Å². The van der Waals surface area contributed by atoms with E-state index in [2.05, 4.69) is 30.6 Å². The molecular weight excluding hydrogens is 280 g/mol. The third-order valence-electron chi connectivity index (χ3n) is 3.28. The number of fused-ring (bicyclic) bond motifs is 1. The van der Waals surface area contributed by atoms with Crippen LogP contribution >= 0.6 is 0 Å². The highest BCUT2D eigenvalue weighted by atomic mass is 16.2. The summed E-state index contributed by atoms with van der Waals surface area (Å²) >= 11 is 0. The van der Waals surface area contributed by atoms with Crippen LogP contribution in [0.4, 0.5) is 5.82 Å². The Morgan fingerprint density at radius 3 is 2.86 bits per heavy atom. The topological polar surface area (TPSA) is 95.6 Å². The van der Waals surface area contributed by atoms with Crippen molar-refractivity contribution in [3.63, 3.8) is 0 Å². The standard InChI is InChI=1S/C15H16N6O/c1-10(15(22)16-7-11-5-3-2-4-6-11)21-14-12-13(18-8-17-12)19-9-20-14/h2-6,8-10H,7H2,1H3,(H,16,22)(H2,17,18,19,20,21)/t10-/m0/s1. The van der Waals surface area contributed by atoms with Gasteiger partial charge in [0.1, 0.15) is 17.9 Å². The van der Waals surface area contributed by atoms with Gasteiger partial charge in [-0.15, -0.1) is 0 Å². The second-order valence-electron chi connectivity index (χ2n) is 4.89. The largest absolute Gasteiger partial charge is 0.357 e. The fourth-order valence-corrected chi connectivity index (χ4v) is 2.08. The highest BCUT2D eigenvalue weighted by Crippen LogP contribution is 2.15. The average molecular weight is 296 g/mol. The van der Waals surface area contributed by atoms with Crippen LogP contribution in [0.25, 0.3) is 11.2 Å². The van der Waals surface area contributed by atoms with Crippen molar-refractivity contribution in [2.45, 2.75) is 19.5 Å². The minimum absolute atomic E-state index is 0.102. The Kier molecular flexibility index (Phi) is 3.95. The molecule has 0 fully saturated rings. The number of benzene rings is 1. The van der Waals surface area contributed by atoms with Crippen LogP contribution in [-0.4, -0.2) is 31.9 Å². The van der Waals surface area contributed by atoms with Crippen LogP contribution in [0.15, 0.2) is 43.0 Å². The molecule has 3 aromatic rings. The van der Waals surface area contributed by atoms with Crippen LogP contribution in [-0.2, 0) is 11.3 Å². The molecule has 3 N–H and O–H groups in total. The first kappa shape index (κ1) is 14.0. The monoisotopic (exact) mass is 296 g/mol. The molecule has 1 aromatic carbocycles. The SMILES string of the molecule is C[C@H](Nc1ncnc2nc[nH]c12)C(=O)NCc1ccccc1. The Balaban J connectivity index is 1.63. The Morgan fingerprint density at radius 2 is 2.05 bits per heavy atom. The molecule has 1 atom stereocenters. The zero-order valence-electron chi connectivity index (χ0n) is 12.1. The number of rotatable bonds is 5. The smallest absolute Gasteiger partial charge is 0.242 e. The maximum atomic E-state index is 12.2. The van der Waals surface area contributed by atoms with Crippen molar-refractivity contribution in [1.82, 2.24) is 25.3 Å². The number of amides is 1. The molecule has 3 rings (SSSR count). The van der Waals surface area contributed by atoms with Crippen molar-refractivity contribution in [2.24, 2.45) is 0 Å². The normalized spacial score (nSPS) is 12.0. The van der Waals surface area contributed by atoms with Crippen molar-refractivity contribution in [2.75, 3.05) is 5.32 Å². The molecule has 2 heterocycles. The predicted octanol–water partition coefficient (Wildman–Crippen LogP) is 1.47. The molecule has 2 aromatic heterocycles. The zero-order chi connectivity index (χ0) is 15.4. The Morgan fingerprint density at radius 1 is 1.23 bits per heavy atom. The Labute approximate surface area is 127 Å². The van der Waals surface area contributed by atoms with Gasteiger partial charge < -0.3 is 15.6 Å². The van der Waals surface area contributed by atoms with E-state index in [0.29, 0.717) is 23.5 Å². The van der Waals surface area contributed by atoms with Crippen LogP contribution in [0.1, 0.15) is 12.5 Å². The van der Waals surface area contributed by atoms with E-state index >= 15 is 0 Å². The summed E-state index contributed by atoms with van der Waals surface area (Å²) in [6, 6.07) is 9.34. The van der Waals surface area contributed by atoms with Gasteiger partial charge in [0.2, 0.25) is 5.91 Å². The van der Waals surface area contributed by atoms with Crippen molar-refractivity contribution in [3.8, 4) is 0 Å². The van der Waals surface area contributed by atoms with Gasteiger partial charge >= 0.3 is 0 Å². The summed E-state index contributed by atoms with van der Waals surface area (Å²) in [5.41, 5.74) is 2.31. The number of carbonyl (C=O) groups excluding carboxylic acids is 1. The van der Waals surface area contributed by atoms with Crippen molar-refractivity contribution < 1.29 is 4.79 Å². The van der Waals surface area contributed by atoms with Crippen molar-refractivity contribution in [1.29, 1.82) is 0 Å². The van der Waals surface area contributed by atoms with Gasteiger partial charge in [0, 0.05) is 6.54 Å². The predicted molar refractivity (Wildman–Crippen MR) is 83.1 cm³/mol. The first-order valence-electron chi connectivity index (χ1n) is 6.96. The summed E-state index contributed by atoms with van der Waals surface area (Å²) in [5.74, 6) is 0.458. The first-order chi connectivity index (χ1) is 10.7. The number of H-pyrrole nitrogens is 1. The molecule has 0 saturated heterocycles. The number of aromatic nitrogens is 4. The van der Waals surface area contributed by atoms with E-state index in [4.69, 9.17) is 0 Å². The number of aromatic amines is 1. The van der Waals surface area contributed by atoms with Gasteiger partial charge in [0.15, 0.2) is 11.5 Å². The quantitative estimate of drug-likeness (QED) is 0.662. The summed E-state index contributed by atoms with van der Waals surface area (Å²) in [5, 5.41) is 5.96. The van der Waals surface area contributed by atoms with E-state index in [1.54, 1.807) is 13.3 Å². The second kappa shape index (κ2) is 6.21. The van der Waals surface area contributed by atoms with Crippen LogP contribution in [0.2, 0.25) is 0 Å². The maximum Gasteiger partial charge on any atom is 0.242 e. The minimum Gasteiger partial charge on any atom is -0.357 e. The van der Waals surface area contributed by atoms with E-state index in [9.17, 15) is 4.79 Å². The number of hydrogen-bond acceptors (Lipinski definition) is 5. The van der Waals surface area contributed by atoms with E-state index in [1.165, 1.54) is 6.33 Å². The van der Waals surface area contributed by atoms with Gasteiger partial charge in [-0.25, -0.2) is 15.0 Å². The van der Waals surface area contributed by atoms with Gasteiger partial charge in [0.25, 0.3) is 0 Å². The van der Waals surface area contributed by atoms with Crippen LogP contribution in [0.3, 0.4) is 0 Å². The summed E-state index contributed by atoms with van der Waals surface area (Å²) in [4.78, 5) is 27.4. The summed E-state index contributed by atoms with van der Waals surface area (Å²) in [6.07, 6.45) is 2.96. The van der Waals surface area contributed by atoms with Gasteiger partial charge in [0.05, 0.1) is 6.33 Å². The van der Waals surface area contributed by atoms with Crippen molar-refractivity contribution in [3.05, 3.63) is 48.5 Å². The lowest BCUT2D eigenvalue weighted by Gasteiger charge is -2.14. The number of nitrogens with zero attached hydrogens (tertiary/aromatic N) is 3. The van der Waals surface area contributed by atoms with Gasteiger partial charge in [-0.3, -0.25) is 4.79 Å². The number of carbonyl (C=O) groups is 1. The Bertz CT molecular complexity index is 770. The number of nitrogens with one attached hydrogen (secondary N) is 3. The fraction of sp³-hybridized carbons (Fsp3) is 0.200. The van der Waals surface area contributed by atoms with Gasteiger partial charge in [-0.05, 0) is 12.5 Å². The molecule has 0 spiro atoms. The summed E-state index contributed by atoms with van der Waals surface area (Å²) in [6.45, 7) is 2.28. The zero-order valence-corrected chi connectivity index (χ0v) is 12.1. The van der Waals surface area contributed by atoms with E-state index in [1.807, 2.05) is 30.3 Å². The van der Waals surface area contributed by atoms with Crippen LogP contribution in [0.5, 0.6) is 0 Å². The molecule has 112 valence electrons.